The Morgan fingerprint density at radius 1 is 1.10 bits per heavy atom. The van der Waals surface area contributed by atoms with E-state index in [4.69, 9.17) is 5.73 Å². The van der Waals surface area contributed by atoms with Crippen LogP contribution in [0, 0.1) is 11.7 Å². The second kappa shape index (κ2) is 8.14. The van der Waals surface area contributed by atoms with Crippen molar-refractivity contribution in [3.63, 3.8) is 0 Å². The number of rotatable bonds is 4. The van der Waals surface area contributed by atoms with E-state index >= 15 is 0 Å². The van der Waals surface area contributed by atoms with E-state index in [1.807, 2.05) is 24.3 Å². The number of nitrogens with one attached hydrogen (secondary N) is 2. The minimum Gasteiger partial charge on any atom is -0.371 e. The molecule has 0 spiro atoms. The Morgan fingerprint density at radius 3 is 2.47 bits per heavy atom. The molecule has 4 N–H and O–H groups in total. The van der Waals surface area contributed by atoms with E-state index < -0.39 is 11.7 Å². The Balaban J connectivity index is 1.42. The molecule has 0 radical (unpaired) electrons. The SMILES string of the molecule is NC(=O)C1CCN(c2ccc(NC(=O)[C@H]3CC(=O)Nc4cc(F)ccc43)cc2)CC1. The summed E-state index contributed by atoms with van der Waals surface area (Å²) in [4.78, 5) is 38.2. The molecule has 2 aliphatic heterocycles. The minimum atomic E-state index is -0.679. The minimum absolute atomic E-state index is 0.0113. The molecule has 3 amide bonds. The van der Waals surface area contributed by atoms with Crippen LogP contribution in [0.3, 0.4) is 0 Å². The first-order valence-corrected chi connectivity index (χ1v) is 9.95. The molecule has 0 aliphatic carbocycles. The standard InChI is InChI=1S/C22H23FN4O3/c23-14-1-6-17-18(12-20(28)26-19(17)11-14)22(30)25-15-2-4-16(5-3-15)27-9-7-13(8-10-27)21(24)29/h1-6,11,13,18H,7-10,12H2,(H2,24,29)(H,25,30)(H,26,28)/t18-/m0/s1. The van der Waals surface area contributed by atoms with Crippen LogP contribution in [0.15, 0.2) is 42.5 Å². The lowest BCUT2D eigenvalue weighted by Gasteiger charge is -2.32. The van der Waals surface area contributed by atoms with Crippen molar-refractivity contribution in [1.82, 2.24) is 0 Å². The van der Waals surface area contributed by atoms with Gasteiger partial charge in [0.1, 0.15) is 5.82 Å². The van der Waals surface area contributed by atoms with Crippen molar-refractivity contribution in [3.05, 3.63) is 53.8 Å². The highest BCUT2D eigenvalue weighted by Gasteiger charge is 2.31. The summed E-state index contributed by atoms with van der Waals surface area (Å²) in [5.41, 5.74) is 7.94. The predicted molar refractivity (Wildman–Crippen MR) is 112 cm³/mol. The summed E-state index contributed by atoms with van der Waals surface area (Å²) in [6.07, 6.45) is 1.48. The maximum absolute atomic E-state index is 13.5. The summed E-state index contributed by atoms with van der Waals surface area (Å²) in [5, 5.41) is 5.46. The average molecular weight is 410 g/mol. The molecule has 1 atom stereocenters. The number of carbonyl (C=O) groups excluding carboxylic acids is 3. The summed E-state index contributed by atoms with van der Waals surface area (Å²) >= 11 is 0. The molecule has 2 heterocycles. The molecule has 0 saturated carbocycles. The number of anilines is 3. The van der Waals surface area contributed by atoms with Crippen LogP contribution in [0.2, 0.25) is 0 Å². The molecule has 2 aliphatic rings. The normalized spacial score (nSPS) is 19.0. The van der Waals surface area contributed by atoms with Gasteiger partial charge in [0.2, 0.25) is 17.7 Å². The number of hydrogen-bond acceptors (Lipinski definition) is 4. The number of halogens is 1. The Kier molecular flexibility index (Phi) is 5.39. The van der Waals surface area contributed by atoms with Crippen LogP contribution in [-0.4, -0.2) is 30.8 Å². The molecule has 0 unspecified atom stereocenters. The Hall–Kier alpha value is -3.42. The third-order valence-electron chi connectivity index (χ3n) is 5.77. The molecular weight excluding hydrogens is 387 g/mol. The summed E-state index contributed by atoms with van der Waals surface area (Å²) in [6.45, 7) is 1.51. The molecule has 4 rings (SSSR count). The Morgan fingerprint density at radius 2 is 1.80 bits per heavy atom. The van der Waals surface area contributed by atoms with E-state index in [1.165, 1.54) is 18.2 Å². The quantitative estimate of drug-likeness (QED) is 0.721. The van der Waals surface area contributed by atoms with Crippen LogP contribution in [0.4, 0.5) is 21.5 Å². The molecule has 1 fully saturated rings. The fraction of sp³-hybridized carbons (Fsp3) is 0.318. The first-order chi connectivity index (χ1) is 14.4. The second-order valence-electron chi connectivity index (χ2n) is 7.74. The first kappa shape index (κ1) is 19.9. The zero-order valence-electron chi connectivity index (χ0n) is 16.4. The number of nitrogens with zero attached hydrogens (tertiary/aromatic N) is 1. The first-order valence-electron chi connectivity index (χ1n) is 9.95. The highest BCUT2D eigenvalue weighted by molar-refractivity contribution is 6.05. The molecule has 2 aromatic carbocycles. The number of nitrogens with two attached hydrogens (primary N) is 1. The van der Waals surface area contributed by atoms with Crippen LogP contribution in [0.5, 0.6) is 0 Å². The number of hydrogen-bond donors (Lipinski definition) is 3. The Bertz CT molecular complexity index is 984. The number of piperidine rings is 1. The van der Waals surface area contributed by atoms with Crippen LogP contribution < -0.4 is 21.3 Å². The molecule has 156 valence electrons. The third kappa shape index (κ3) is 4.12. The van der Waals surface area contributed by atoms with Gasteiger partial charge in [-0.1, -0.05) is 6.07 Å². The van der Waals surface area contributed by atoms with Gasteiger partial charge in [0.25, 0.3) is 0 Å². The van der Waals surface area contributed by atoms with Crippen LogP contribution in [-0.2, 0) is 14.4 Å². The molecular formula is C22H23FN4O3. The number of primary amides is 1. The molecule has 2 aromatic rings. The fourth-order valence-corrected chi connectivity index (χ4v) is 4.08. The van der Waals surface area contributed by atoms with Crippen LogP contribution in [0.1, 0.15) is 30.7 Å². The third-order valence-corrected chi connectivity index (χ3v) is 5.77. The van der Waals surface area contributed by atoms with Gasteiger partial charge < -0.3 is 21.3 Å². The fourth-order valence-electron chi connectivity index (χ4n) is 4.08. The summed E-state index contributed by atoms with van der Waals surface area (Å²) in [5.74, 6) is -2.08. The Labute approximate surface area is 173 Å². The van der Waals surface area contributed by atoms with Crippen molar-refractivity contribution < 1.29 is 18.8 Å². The van der Waals surface area contributed by atoms with Gasteiger partial charge in [-0.15, -0.1) is 0 Å². The van der Waals surface area contributed by atoms with Crippen LogP contribution >= 0.6 is 0 Å². The van der Waals surface area contributed by atoms with Crippen molar-refractivity contribution in [2.45, 2.75) is 25.2 Å². The summed E-state index contributed by atoms with van der Waals surface area (Å²) in [6, 6.07) is 11.5. The predicted octanol–water partition coefficient (Wildman–Crippen LogP) is 2.59. The zero-order valence-corrected chi connectivity index (χ0v) is 16.4. The molecule has 1 saturated heterocycles. The molecule has 0 bridgehead atoms. The van der Waals surface area contributed by atoms with E-state index in [1.54, 1.807) is 0 Å². The van der Waals surface area contributed by atoms with Crippen molar-refractivity contribution in [1.29, 1.82) is 0 Å². The number of benzene rings is 2. The lowest BCUT2D eigenvalue weighted by atomic mass is 9.89. The van der Waals surface area contributed by atoms with Gasteiger partial charge in [0, 0.05) is 42.5 Å². The monoisotopic (exact) mass is 410 g/mol. The number of amides is 3. The lowest BCUT2D eigenvalue weighted by molar-refractivity contribution is -0.123. The largest absolute Gasteiger partial charge is 0.371 e. The maximum Gasteiger partial charge on any atom is 0.232 e. The van der Waals surface area contributed by atoms with Crippen LogP contribution in [0.25, 0.3) is 0 Å². The van der Waals surface area contributed by atoms with E-state index in [-0.39, 0.29) is 30.1 Å². The molecule has 30 heavy (non-hydrogen) atoms. The van der Waals surface area contributed by atoms with Gasteiger partial charge in [0.05, 0.1) is 5.92 Å². The van der Waals surface area contributed by atoms with Crippen molar-refractivity contribution >= 4 is 34.8 Å². The second-order valence-corrected chi connectivity index (χ2v) is 7.74. The average Bonchev–Trinajstić information content (AvgIpc) is 2.73. The topological polar surface area (TPSA) is 105 Å². The number of fused-ring (bicyclic) bond motifs is 1. The summed E-state index contributed by atoms with van der Waals surface area (Å²) in [7, 11) is 0. The number of carbonyl (C=O) groups is 3. The smallest absolute Gasteiger partial charge is 0.232 e. The molecule has 7 nitrogen and oxygen atoms in total. The van der Waals surface area contributed by atoms with Crippen molar-refractivity contribution in [2.75, 3.05) is 28.6 Å². The highest BCUT2D eigenvalue weighted by Crippen LogP contribution is 2.34. The van der Waals surface area contributed by atoms with E-state index in [0.717, 1.165) is 31.6 Å². The molecule has 8 heteroatoms. The molecule has 0 aromatic heterocycles. The van der Waals surface area contributed by atoms with E-state index in [9.17, 15) is 18.8 Å². The maximum atomic E-state index is 13.5. The van der Waals surface area contributed by atoms with Gasteiger partial charge in [-0.2, -0.15) is 0 Å². The highest BCUT2D eigenvalue weighted by atomic mass is 19.1. The zero-order chi connectivity index (χ0) is 21.3. The van der Waals surface area contributed by atoms with Gasteiger partial charge in [-0.05, 0) is 54.8 Å². The lowest BCUT2D eigenvalue weighted by Crippen LogP contribution is -2.38. The van der Waals surface area contributed by atoms with E-state index in [0.29, 0.717) is 16.9 Å². The van der Waals surface area contributed by atoms with Gasteiger partial charge in [-0.3, -0.25) is 14.4 Å². The summed E-state index contributed by atoms with van der Waals surface area (Å²) < 4.78 is 13.5. The van der Waals surface area contributed by atoms with Gasteiger partial charge in [-0.25, -0.2) is 4.39 Å². The van der Waals surface area contributed by atoms with Gasteiger partial charge in [0.15, 0.2) is 0 Å². The van der Waals surface area contributed by atoms with Crippen molar-refractivity contribution in [2.24, 2.45) is 11.7 Å². The van der Waals surface area contributed by atoms with Gasteiger partial charge >= 0.3 is 0 Å². The van der Waals surface area contributed by atoms with Crippen molar-refractivity contribution in [3.8, 4) is 0 Å². The van der Waals surface area contributed by atoms with E-state index in [2.05, 4.69) is 15.5 Å².